The van der Waals surface area contributed by atoms with Gasteiger partial charge in [-0.3, -0.25) is 4.79 Å². The van der Waals surface area contributed by atoms with Crippen molar-refractivity contribution >= 4 is 5.78 Å². The molecule has 0 unspecified atom stereocenters. The SMILES string of the molecule is CC(=O)C1=CC=C=C(F)C=C1. The number of ketones is 1. The summed E-state index contributed by atoms with van der Waals surface area (Å²) in [6.45, 7) is 1.44. The first-order chi connectivity index (χ1) is 5.20. The van der Waals surface area contributed by atoms with Crippen molar-refractivity contribution in [2.24, 2.45) is 0 Å². The first-order valence-corrected chi connectivity index (χ1v) is 3.21. The van der Waals surface area contributed by atoms with Crippen molar-refractivity contribution in [2.75, 3.05) is 0 Å². The van der Waals surface area contributed by atoms with Crippen LogP contribution in [0.4, 0.5) is 4.39 Å². The van der Waals surface area contributed by atoms with Crippen LogP contribution in [-0.4, -0.2) is 5.78 Å². The molecule has 1 aliphatic rings. The lowest BCUT2D eigenvalue weighted by atomic mass is 10.1. The number of hydrogen-bond donors (Lipinski definition) is 0. The topological polar surface area (TPSA) is 17.1 Å². The Balaban J connectivity index is 2.96. The van der Waals surface area contributed by atoms with Gasteiger partial charge in [0.25, 0.3) is 0 Å². The van der Waals surface area contributed by atoms with Crippen LogP contribution in [0.2, 0.25) is 0 Å². The van der Waals surface area contributed by atoms with E-state index in [1.54, 1.807) is 0 Å². The fourth-order valence-electron chi connectivity index (χ4n) is 0.712. The number of allylic oxidation sites excluding steroid dienone is 5. The molecule has 0 amide bonds. The van der Waals surface area contributed by atoms with Crippen LogP contribution >= 0.6 is 0 Å². The second kappa shape index (κ2) is 3.13. The van der Waals surface area contributed by atoms with Gasteiger partial charge in [0.1, 0.15) is 0 Å². The van der Waals surface area contributed by atoms with E-state index in [-0.39, 0.29) is 5.78 Å². The second-order valence-electron chi connectivity index (χ2n) is 2.17. The van der Waals surface area contributed by atoms with E-state index in [0.717, 1.165) is 0 Å². The highest BCUT2D eigenvalue weighted by molar-refractivity contribution is 5.96. The van der Waals surface area contributed by atoms with Crippen LogP contribution in [0.5, 0.6) is 0 Å². The van der Waals surface area contributed by atoms with Crippen molar-refractivity contribution in [3.63, 3.8) is 0 Å². The maximum atomic E-state index is 12.4. The Labute approximate surface area is 64.2 Å². The highest BCUT2D eigenvalue weighted by Crippen LogP contribution is 2.06. The first kappa shape index (κ1) is 7.70. The third-order valence-electron chi connectivity index (χ3n) is 1.30. The van der Waals surface area contributed by atoms with Crippen molar-refractivity contribution in [2.45, 2.75) is 6.92 Å². The Morgan fingerprint density at radius 1 is 1.55 bits per heavy atom. The standard InChI is InChI=1S/C9H7FO/c1-7(11)8-3-2-4-9(10)6-5-8/h2-3,5-6H,1H3. The molecule has 0 aromatic heterocycles. The molecule has 56 valence electrons. The van der Waals surface area contributed by atoms with Gasteiger partial charge in [-0.2, -0.15) is 4.39 Å². The molecule has 0 aromatic rings. The van der Waals surface area contributed by atoms with E-state index in [0.29, 0.717) is 5.57 Å². The highest BCUT2D eigenvalue weighted by Gasteiger charge is 1.99. The van der Waals surface area contributed by atoms with Gasteiger partial charge in [0.15, 0.2) is 11.6 Å². The molecule has 0 fully saturated rings. The van der Waals surface area contributed by atoms with Crippen LogP contribution in [0, 0.1) is 0 Å². The zero-order chi connectivity index (χ0) is 8.27. The van der Waals surface area contributed by atoms with Crippen LogP contribution < -0.4 is 0 Å². The Morgan fingerprint density at radius 2 is 2.27 bits per heavy atom. The predicted octanol–water partition coefficient (Wildman–Crippen LogP) is 2.08. The number of hydrogen-bond acceptors (Lipinski definition) is 1. The largest absolute Gasteiger partial charge is 0.295 e. The Morgan fingerprint density at radius 3 is 2.91 bits per heavy atom. The Kier molecular flexibility index (Phi) is 2.19. The molecule has 1 aliphatic carbocycles. The highest BCUT2D eigenvalue weighted by atomic mass is 19.1. The lowest BCUT2D eigenvalue weighted by molar-refractivity contribution is -0.113. The molecule has 0 saturated carbocycles. The summed E-state index contributed by atoms with van der Waals surface area (Å²) in [6, 6.07) is 0. The number of halogens is 1. The summed E-state index contributed by atoms with van der Waals surface area (Å²) in [4.78, 5) is 10.8. The summed E-state index contributed by atoms with van der Waals surface area (Å²) in [5.74, 6) is -0.536. The van der Waals surface area contributed by atoms with E-state index >= 15 is 0 Å². The summed E-state index contributed by atoms with van der Waals surface area (Å²) in [7, 11) is 0. The molecule has 1 rings (SSSR count). The second-order valence-corrected chi connectivity index (χ2v) is 2.17. The maximum Gasteiger partial charge on any atom is 0.165 e. The summed E-state index contributed by atoms with van der Waals surface area (Å²) >= 11 is 0. The molecule has 0 saturated heterocycles. The Hall–Kier alpha value is -1.40. The van der Waals surface area contributed by atoms with Crippen LogP contribution in [0.15, 0.2) is 41.4 Å². The van der Waals surface area contributed by atoms with Gasteiger partial charge in [0, 0.05) is 5.57 Å². The minimum Gasteiger partial charge on any atom is -0.295 e. The van der Waals surface area contributed by atoms with Gasteiger partial charge in [-0.15, -0.1) is 0 Å². The zero-order valence-electron chi connectivity index (χ0n) is 6.10. The third-order valence-corrected chi connectivity index (χ3v) is 1.30. The molecule has 0 bridgehead atoms. The number of carbonyl (C=O) groups is 1. The summed E-state index contributed by atoms with van der Waals surface area (Å²) < 4.78 is 12.4. The molecule has 0 N–H and O–H groups in total. The van der Waals surface area contributed by atoms with Gasteiger partial charge in [0.05, 0.1) is 0 Å². The molecule has 0 atom stereocenters. The average Bonchev–Trinajstić information content (AvgIpc) is 2.13. The van der Waals surface area contributed by atoms with E-state index in [2.05, 4.69) is 5.73 Å². The summed E-state index contributed by atoms with van der Waals surface area (Å²) in [6.07, 6.45) is 5.59. The van der Waals surface area contributed by atoms with E-state index in [1.807, 2.05) is 0 Å². The molecular weight excluding hydrogens is 143 g/mol. The minimum absolute atomic E-state index is 0.0750. The molecule has 0 heterocycles. The van der Waals surface area contributed by atoms with Crippen LogP contribution in [0.25, 0.3) is 0 Å². The van der Waals surface area contributed by atoms with E-state index < -0.39 is 5.83 Å². The van der Waals surface area contributed by atoms with Gasteiger partial charge in [-0.05, 0) is 31.2 Å². The fourth-order valence-corrected chi connectivity index (χ4v) is 0.712. The van der Waals surface area contributed by atoms with Crippen molar-refractivity contribution in [3.8, 4) is 0 Å². The number of carbonyl (C=O) groups excluding carboxylic acids is 1. The van der Waals surface area contributed by atoms with Crippen molar-refractivity contribution in [1.29, 1.82) is 0 Å². The number of rotatable bonds is 1. The van der Waals surface area contributed by atoms with Crippen molar-refractivity contribution < 1.29 is 9.18 Å². The number of Topliss-reactive ketones (excluding diaryl/α,β-unsaturated/α-hetero) is 1. The van der Waals surface area contributed by atoms with Crippen LogP contribution in [0.3, 0.4) is 0 Å². The Bertz CT molecular complexity index is 302. The quantitative estimate of drug-likeness (QED) is 0.523. The lowest BCUT2D eigenvalue weighted by Crippen LogP contribution is -1.91. The third kappa shape index (κ3) is 2.03. The first-order valence-electron chi connectivity index (χ1n) is 3.21. The fraction of sp³-hybridized carbons (Fsp3) is 0.111. The van der Waals surface area contributed by atoms with Crippen molar-refractivity contribution in [1.82, 2.24) is 0 Å². The molecule has 0 aliphatic heterocycles. The smallest absolute Gasteiger partial charge is 0.165 e. The van der Waals surface area contributed by atoms with Gasteiger partial charge in [-0.25, -0.2) is 0 Å². The summed E-state index contributed by atoms with van der Waals surface area (Å²) in [5, 5.41) is 0. The average molecular weight is 150 g/mol. The van der Waals surface area contributed by atoms with E-state index in [1.165, 1.54) is 31.2 Å². The molecule has 0 aromatic carbocycles. The van der Waals surface area contributed by atoms with Gasteiger partial charge < -0.3 is 0 Å². The molecule has 2 heteroatoms. The van der Waals surface area contributed by atoms with Crippen LogP contribution in [0.1, 0.15) is 6.92 Å². The predicted molar refractivity (Wildman–Crippen MR) is 40.6 cm³/mol. The van der Waals surface area contributed by atoms with E-state index in [9.17, 15) is 9.18 Å². The van der Waals surface area contributed by atoms with Crippen LogP contribution in [-0.2, 0) is 4.79 Å². The molecule has 1 nitrogen and oxygen atoms in total. The van der Waals surface area contributed by atoms with Gasteiger partial charge in [-0.1, -0.05) is 5.73 Å². The van der Waals surface area contributed by atoms with Gasteiger partial charge >= 0.3 is 0 Å². The molecular formula is C9H7FO. The normalized spacial score (nSPS) is 15.5. The lowest BCUT2D eigenvalue weighted by Gasteiger charge is -1.89. The van der Waals surface area contributed by atoms with Gasteiger partial charge in [0.2, 0.25) is 0 Å². The molecule has 0 spiro atoms. The zero-order valence-corrected chi connectivity index (χ0v) is 6.10. The van der Waals surface area contributed by atoms with E-state index in [4.69, 9.17) is 0 Å². The van der Waals surface area contributed by atoms with Crippen molar-refractivity contribution in [3.05, 3.63) is 41.4 Å². The molecule has 0 radical (unpaired) electrons. The summed E-state index contributed by atoms with van der Waals surface area (Å²) in [5.41, 5.74) is 2.83. The minimum atomic E-state index is -0.461. The monoisotopic (exact) mass is 150 g/mol. The maximum absolute atomic E-state index is 12.4. The molecule has 11 heavy (non-hydrogen) atoms.